The number of thioether (sulfide) groups is 1. The summed E-state index contributed by atoms with van der Waals surface area (Å²) in [5.41, 5.74) is 0.735. The smallest absolute Gasteiger partial charge is 0.237 e. The molecular formula is C16H20N4O2S. The van der Waals surface area contributed by atoms with E-state index in [1.54, 1.807) is 12.4 Å². The minimum atomic E-state index is -0.297. The number of amides is 1. The molecule has 1 atom stereocenters. The number of carbonyl (C=O) groups excluding carboxylic acids is 1. The first-order valence-electron chi connectivity index (χ1n) is 7.33. The summed E-state index contributed by atoms with van der Waals surface area (Å²) in [6.45, 7) is 8.69. The lowest BCUT2D eigenvalue weighted by Gasteiger charge is -2.12. The van der Waals surface area contributed by atoms with Crippen LogP contribution in [0.15, 0.2) is 48.4 Å². The quantitative estimate of drug-likeness (QED) is 0.594. The standard InChI is InChI=1S/C16H20N4O2S/c1-4-10-20-11-17-19-16(20)23-12(3)15(21)18-13-6-8-14(9-7-13)22-5-2/h4,6-9,11-12H,1,5,10H2,2-3H3,(H,18,21)/t12-/m0/s1. The zero-order valence-corrected chi connectivity index (χ0v) is 14.0. The number of anilines is 1. The molecule has 0 fully saturated rings. The minimum Gasteiger partial charge on any atom is -0.494 e. The maximum absolute atomic E-state index is 12.3. The molecule has 122 valence electrons. The SMILES string of the molecule is C=CCn1cnnc1S[C@@H](C)C(=O)Nc1ccc(OCC)cc1. The molecule has 2 rings (SSSR count). The molecule has 6 nitrogen and oxygen atoms in total. The predicted molar refractivity (Wildman–Crippen MR) is 91.8 cm³/mol. The van der Waals surface area contributed by atoms with Gasteiger partial charge in [-0.25, -0.2) is 0 Å². The molecule has 0 saturated heterocycles. The zero-order chi connectivity index (χ0) is 16.7. The van der Waals surface area contributed by atoms with Gasteiger partial charge in [-0.3, -0.25) is 4.79 Å². The Balaban J connectivity index is 1.94. The Kier molecular flexibility index (Phi) is 6.22. The Morgan fingerprint density at radius 1 is 1.48 bits per heavy atom. The first-order valence-corrected chi connectivity index (χ1v) is 8.21. The second-order valence-electron chi connectivity index (χ2n) is 4.76. The van der Waals surface area contributed by atoms with Gasteiger partial charge in [-0.15, -0.1) is 16.8 Å². The molecular weight excluding hydrogens is 312 g/mol. The number of carbonyl (C=O) groups is 1. The van der Waals surface area contributed by atoms with Gasteiger partial charge in [0.2, 0.25) is 5.91 Å². The molecule has 1 aromatic carbocycles. The fraction of sp³-hybridized carbons (Fsp3) is 0.312. The lowest BCUT2D eigenvalue weighted by Crippen LogP contribution is -2.22. The highest BCUT2D eigenvalue weighted by atomic mass is 32.2. The number of allylic oxidation sites excluding steroid dienone is 1. The first kappa shape index (κ1) is 17.1. The van der Waals surface area contributed by atoms with E-state index in [1.807, 2.05) is 42.7 Å². The summed E-state index contributed by atoms with van der Waals surface area (Å²) >= 11 is 1.36. The fourth-order valence-corrected chi connectivity index (χ4v) is 2.69. The normalized spacial score (nSPS) is 11.7. The van der Waals surface area contributed by atoms with Crippen molar-refractivity contribution in [2.24, 2.45) is 0 Å². The number of ether oxygens (including phenoxy) is 1. The number of benzene rings is 1. The number of hydrogen-bond donors (Lipinski definition) is 1. The van der Waals surface area contributed by atoms with Crippen molar-refractivity contribution in [1.82, 2.24) is 14.8 Å². The van der Waals surface area contributed by atoms with Gasteiger partial charge < -0.3 is 14.6 Å². The number of aromatic nitrogens is 3. The van der Waals surface area contributed by atoms with Gasteiger partial charge in [0.25, 0.3) is 0 Å². The van der Waals surface area contributed by atoms with Gasteiger partial charge in [-0.2, -0.15) is 0 Å². The number of nitrogens with zero attached hydrogens (tertiary/aromatic N) is 3. The van der Waals surface area contributed by atoms with E-state index in [9.17, 15) is 4.79 Å². The largest absolute Gasteiger partial charge is 0.494 e. The maximum Gasteiger partial charge on any atom is 0.237 e. The molecule has 1 amide bonds. The van der Waals surface area contributed by atoms with E-state index < -0.39 is 0 Å². The molecule has 0 saturated carbocycles. The summed E-state index contributed by atoms with van der Waals surface area (Å²) in [5, 5.41) is 11.2. The monoisotopic (exact) mass is 332 g/mol. The minimum absolute atomic E-state index is 0.0905. The van der Waals surface area contributed by atoms with Crippen LogP contribution in [0.25, 0.3) is 0 Å². The summed E-state index contributed by atoms with van der Waals surface area (Å²) < 4.78 is 7.22. The van der Waals surface area contributed by atoms with E-state index in [4.69, 9.17) is 4.74 Å². The van der Waals surface area contributed by atoms with Crippen LogP contribution in [-0.2, 0) is 11.3 Å². The fourth-order valence-electron chi connectivity index (χ4n) is 1.86. The molecule has 0 aliphatic carbocycles. The molecule has 1 N–H and O–H groups in total. The van der Waals surface area contributed by atoms with Crippen LogP contribution >= 0.6 is 11.8 Å². The molecule has 0 aliphatic rings. The first-order chi connectivity index (χ1) is 11.1. The third-order valence-corrected chi connectivity index (χ3v) is 4.08. The third-order valence-electron chi connectivity index (χ3n) is 2.99. The molecule has 7 heteroatoms. The van der Waals surface area contributed by atoms with Crippen molar-refractivity contribution in [3.05, 3.63) is 43.2 Å². The molecule has 0 aliphatic heterocycles. The van der Waals surface area contributed by atoms with Gasteiger partial charge in [0.15, 0.2) is 5.16 Å². The highest BCUT2D eigenvalue weighted by Gasteiger charge is 2.17. The van der Waals surface area contributed by atoms with E-state index in [0.29, 0.717) is 18.3 Å². The van der Waals surface area contributed by atoms with Crippen molar-refractivity contribution in [2.45, 2.75) is 30.8 Å². The van der Waals surface area contributed by atoms with Gasteiger partial charge >= 0.3 is 0 Å². The Bertz CT molecular complexity index is 654. The second kappa shape index (κ2) is 8.38. The molecule has 23 heavy (non-hydrogen) atoms. The average molecular weight is 332 g/mol. The molecule has 0 bridgehead atoms. The molecule has 0 spiro atoms. The topological polar surface area (TPSA) is 69.0 Å². The molecule has 1 heterocycles. The van der Waals surface area contributed by atoms with Crippen LogP contribution in [0.5, 0.6) is 5.75 Å². The van der Waals surface area contributed by atoms with Crippen LogP contribution in [-0.4, -0.2) is 32.5 Å². The summed E-state index contributed by atoms with van der Waals surface area (Å²) in [7, 11) is 0. The van der Waals surface area contributed by atoms with Crippen LogP contribution in [0.1, 0.15) is 13.8 Å². The Morgan fingerprint density at radius 3 is 2.87 bits per heavy atom. The Morgan fingerprint density at radius 2 is 2.22 bits per heavy atom. The van der Waals surface area contributed by atoms with E-state index in [0.717, 1.165) is 11.4 Å². The van der Waals surface area contributed by atoms with Gasteiger partial charge in [-0.05, 0) is 38.1 Å². The summed E-state index contributed by atoms with van der Waals surface area (Å²) in [4.78, 5) is 12.3. The van der Waals surface area contributed by atoms with E-state index in [1.165, 1.54) is 11.8 Å². The Hall–Kier alpha value is -2.28. The molecule has 0 radical (unpaired) electrons. The van der Waals surface area contributed by atoms with Crippen molar-refractivity contribution in [2.75, 3.05) is 11.9 Å². The van der Waals surface area contributed by atoms with Crippen molar-refractivity contribution >= 4 is 23.4 Å². The van der Waals surface area contributed by atoms with Crippen molar-refractivity contribution in [3.63, 3.8) is 0 Å². The van der Waals surface area contributed by atoms with Gasteiger partial charge in [0.05, 0.1) is 11.9 Å². The predicted octanol–water partition coefficient (Wildman–Crippen LogP) is 2.98. The van der Waals surface area contributed by atoms with Gasteiger partial charge in [-0.1, -0.05) is 17.8 Å². The maximum atomic E-state index is 12.3. The highest BCUT2D eigenvalue weighted by Crippen LogP contribution is 2.23. The Labute approximate surface area is 139 Å². The van der Waals surface area contributed by atoms with E-state index in [-0.39, 0.29) is 11.2 Å². The van der Waals surface area contributed by atoms with Crippen molar-refractivity contribution < 1.29 is 9.53 Å². The van der Waals surface area contributed by atoms with E-state index >= 15 is 0 Å². The number of nitrogens with one attached hydrogen (secondary N) is 1. The summed E-state index contributed by atoms with van der Waals surface area (Å²) in [6.07, 6.45) is 3.39. The van der Waals surface area contributed by atoms with Crippen LogP contribution in [0.2, 0.25) is 0 Å². The van der Waals surface area contributed by atoms with Crippen molar-refractivity contribution in [1.29, 1.82) is 0 Å². The van der Waals surface area contributed by atoms with Crippen LogP contribution < -0.4 is 10.1 Å². The third kappa shape index (κ3) is 4.85. The van der Waals surface area contributed by atoms with Crippen LogP contribution in [0.4, 0.5) is 5.69 Å². The van der Waals surface area contributed by atoms with Gasteiger partial charge in [0, 0.05) is 12.2 Å². The highest BCUT2D eigenvalue weighted by molar-refractivity contribution is 8.00. The lowest BCUT2D eigenvalue weighted by atomic mass is 10.3. The zero-order valence-electron chi connectivity index (χ0n) is 13.2. The van der Waals surface area contributed by atoms with Crippen LogP contribution in [0, 0.1) is 0 Å². The summed E-state index contributed by atoms with van der Waals surface area (Å²) in [6, 6.07) is 7.30. The number of rotatable bonds is 8. The summed E-state index contributed by atoms with van der Waals surface area (Å²) in [5.74, 6) is 0.692. The second-order valence-corrected chi connectivity index (χ2v) is 6.07. The van der Waals surface area contributed by atoms with E-state index in [2.05, 4.69) is 22.1 Å². The van der Waals surface area contributed by atoms with Crippen molar-refractivity contribution in [3.8, 4) is 5.75 Å². The van der Waals surface area contributed by atoms with Gasteiger partial charge in [0.1, 0.15) is 12.1 Å². The lowest BCUT2D eigenvalue weighted by molar-refractivity contribution is -0.115. The number of hydrogen-bond acceptors (Lipinski definition) is 5. The average Bonchev–Trinajstić information content (AvgIpc) is 2.97. The molecule has 2 aromatic rings. The molecule has 0 unspecified atom stereocenters. The molecule has 1 aromatic heterocycles. The van der Waals surface area contributed by atoms with Crippen LogP contribution in [0.3, 0.4) is 0 Å².